The van der Waals surface area contributed by atoms with E-state index in [1.54, 1.807) is 24.1 Å². The Hall–Kier alpha value is -2.56. The SMILES string of the molecule is COc1ccc(CN(C)C(=O)NC(c2ccccc2)C2CCC2)cc1F. The molecule has 4 nitrogen and oxygen atoms in total. The van der Waals surface area contributed by atoms with Gasteiger partial charge < -0.3 is 15.0 Å². The van der Waals surface area contributed by atoms with E-state index in [1.807, 2.05) is 18.2 Å². The van der Waals surface area contributed by atoms with Crippen LogP contribution in [0.3, 0.4) is 0 Å². The quantitative estimate of drug-likeness (QED) is 0.827. The number of nitrogens with zero attached hydrogens (tertiary/aromatic N) is 1. The lowest BCUT2D eigenvalue weighted by Crippen LogP contribution is -2.42. The second-order valence-corrected chi connectivity index (χ2v) is 6.85. The molecule has 2 aromatic rings. The number of urea groups is 1. The molecule has 2 amide bonds. The third-order valence-electron chi connectivity index (χ3n) is 5.04. The molecule has 3 rings (SSSR count). The Morgan fingerprint density at radius 3 is 2.58 bits per heavy atom. The van der Waals surface area contributed by atoms with Crippen LogP contribution in [0, 0.1) is 11.7 Å². The average Bonchev–Trinajstić information content (AvgIpc) is 2.60. The maximum absolute atomic E-state index is 13.8. The first-order valence-corrected chi connectivity index (χ1v) is 8.97. The molecule has 1 saturated carbocycles. The molecule has 1 N–H and O–H groups in total. The van der Waals surface area contributed by atoms with Gasteiger partial charge in [-0.2, -0.15) is 0 Å². The number of ether oxygens (including phenoxy) is 1. The van der Waals surface area contributed by atoms with E-state index >= 15 is 0 Å². The Kier molecular flexibility index (Phi) is 5.76. The Morgan fingerprint density at radius 2 is 2.00 bits per heavy atom. The van der Waals surface area contributed by atoms with Crippen molar-refractivity contribution in [3.63, 3.8) is 0 Å². The van der Waals surface area contributed by atoms with Crippen LogP contribution in [0.15, 0.2) is 48.5 Å². The Bertz CT molecular complexity index is 747. The van der Waals surface area contributed by atoms with Crippen molar-refractivity contribution in [3.05, 3.63) is 65.5 Å². The maximum atomic E-state index is 13.8. The maximum Gasteiger partial charge on any atom is 0.317 e. The van der Waals surface area contributed by atoms with Crippen molar-refractivity contribution in [2.45, 2.75) is 31.8 Å². The highest BCUT2D eigenvalue weighted by Crippen LogP contribution is 2.37. The fourth-order valence-corrected chi connectivity index (χ4v) is 3.30. The van der Waals surface area contributed by atoms with Crippen LogP contribution in [-0.4, -0.2) is 25.1 Å². The van der Waals surface area contributed by atoms with Crippen LogP contribution < -0.4 is 10.1 Å². The summed E-state index contributed by atoms with van der Waals surface area (Å²) in [5, 5.41) is 3.16. The number of hydrogen-bond donors (Lipinski definition) is 1. The predicted molar refractivity (Wildman–Crippen MR) is 99.5 cm³/mol. The van der Waals surface area contributed by atoms with E-state index in [-0.39, 0.29) is 17.8 Å². The largest absolute Gasteiger partial charge is 0.494 e. The first-order valence-electron chi connectivity index (χ1n) is 8.97. The Labute approximate surface area is 154 Å². The number of halogens is 1. The molecule has 0 heterocycles. The number of methoxy groups -OCH3 is 1. The summed E-state index contributed by atoms with van der Waals surface area (Å²) >= 11 is 0. The summed E-state index contributed by atoms with van der Waals surface area (Å²) < 4.78 is 18.8. The van der Waals surface area contributed by atoms with Gasteiger partial charge in [-0.05, 0) is 42.0 Å². The van der Waals surface area contributed by atoms with Gasteiger partial charge in [0.05, 0.1) is 13.2 Å². The number of hydrogen-bond acceptors (Lipinski definition) is 2. The molecule has 1 aliphatic carbocycles. The molecule has 1 unspecified atom stereocenters. The van der Waals surface area contributed by atoms with E-state index < -0.39 is 5.82 Å². The van der Waals surface area contributed by atoms with Crippen molar-refractivity contribution >= 4 is 6.03 Å². The number of amides is 2. The lowest BCUT2D eigenvalue weighted by atomic mass is 9.77. The number of nitrogens with one attached hydrogen (secondary N) is 1. The smallest absolute Gasteiger partial charge is 0.317 e. The third kappa shape index (κ3) is 4.15. The highest BCUT2D eigenvalue weighted by atomic mass is 19.1. The Balaban J connectivity index is 1.66. The monoisotopic (exact) mass is 356 g/mol. The van der Waals surface area contributed by atoms with E-state index in [9.17, 15) is 9.18 Å². The van der Waals surface area contributed by atoms with Crippen LogP contribution in [0.4, 0.5) is 9.18 Å². The second-order valence-electron chi connectivity index (χ2n) is 6.85. The van der Waals surface area contributed by atoms with Crippen LogP contribution in [0.2, 0.25) is 0 Å². The average molecular weight is 356 g/mol. The minimum atomic E-state index is -0.421. The van der Waals surface area contributed by atoms with Crippen LogP contribution >= 0.6 is 0 Å². The van der Waals surface area contributed by atoms with E-state index in [1.165, 1.54) is 19.6 Å². The lowest BCUT2D eigenvalue weighted by Gasteiger charge is -2.35. The summed E-state index contributed by atoms with van der Waals surface area (Å²) in [4.78, 5) is 14.3. The summed E-state index contributed by atoms with van der Waals surface area (Å²) in [6, 6.07) is 14.7. The van der Waals surface area contributed by atoms with Crippen molar-refractivity contribution in [1.82, 2.24) is 10.2 Å². The van der Waals surface area contributed by atoms with Gasteiger partial charge in [0.2, 0.25) is 0 Å². The summed E-state index contributed by atoms with van der Waals surface area (Å²) in [5.74, 6) is 0.263. The van der Waals surface area contributed by atoms with Crippen molar-refractivity contribution < 1.29 is 13.9 Å². The Morgan fingerprint density at radius 1 is 1.27 bits per heavy atom. The molecule has 0 aromatic heterocycles. The van der Waals surface area contributed by atoms with Gasteiger partial charge in [-0.3, -0.25) is 0 Å². The standard InChI is InChI=1S/C21H25FN2O2/c1-24(14-15-11-12-19(26-2)18(22)13-15)21(25)23-20(17-9-6-10-17)16-7-4-3-5-8-16/h3-5,7-8,11-13,17,20H,6,9-10,14H2,1-2H3,(H,23,25). The zero-order valence-corrected chi connectivity index (χ0v) is 15.2. The molecule has 5 heteroatoms. The highest BCUT2D eigenvalue weighted by molar-refractivity contribution is 5.74. The second kappa shape index (κ2) is 8.21. The molecular weight excluding hydrogens is 331 g/mol. The zero-order chi connectivity index (χ0) is 18.5. The topological polar surface area (TPSA) is 41.6 Å². The van der Waals surface area contributed by atoms with Gasteiger partial charge in [0, 0.05) is 13.6 Å². The van der Waals surface area contributed by atoms with Gasteiger partial charge >= 0.3 is 6.03 Å². The summed E-state index contributed by atoms with van der Waals surface area (Å²) in [5.41, 5.74) is 1.86. The van der Waals surface area contributed by atoms with Crippen LogP contribution in [0.5, 0.6) is 5.75 Å². The molecular formula is C21H25FN2O2. The van der Waals surface area contributed by atoms with Crippen molar-refractivity contribution in [2.75, 3.05) is 14.2 Å². The molecule has 1 fully saturated rings. The molecule has 0 saturated heterocycles. The van der Waals surface area contributed by atoms with Gasteiger partial charge in [-0.15, -0.1) is 0 Å². The lowest BCUT2D eigenvalue weighted by molar-refractivity contribution is 0.182. The number of rotatable bonds is 6. The molecule has 2 aromatic carbocycles. The number of carbonyl (C=O) groups is 1. The van der Waals surface area contributed by atoms with Gasteiger partial charge in [-0.25, -0.2) is 9.18 Å². The van der Waals surface area contributed by atoms with Gasteiger partial charge in [0.1, 0.15) is 0 Å². The summed E-state index contributed by atoms with van der Waals surface area (Å²) in [7, 11) is 3.15. The fraction of sp³-hybridized carbons (Fsp3) is 0.381. The molecule has 0 spiro atoms. The first kappa shape index (κ1) is 18.2. The minimum absolute atomic E-state index is 0.0208. The zero-order valence-electron chi connectivity index (χ0n) is 15.2. The van der Waals surface area contributed by atoms with Gasteiger partial charge in [-0.1, -0.05) is 42.8 Å². The van der Waals surface area contributed by atoms with E-state index in [0.29, 0.717) is 12.5 Å². The number of carbonyl (C=O) groups excluding carboxylic acids is 1. The molecule has 138 valence electrons. The van der Waals surface area contributed by atoms with Gasteiger partial charge in [0.15, 0.2) is 11.6 Å². The predicted octanol–water partition coefficient (Wildman–Crippen LogP) is 4.52. The molecule has 0 radical (unpaired) electrons. The number of benzene rings is 2. The molecule has 26 heavy (non-hydrogen) atoms. The fourth-order valence-electron chi connectivity index (χ4n) is 3.30. The molecule has 0 bridgehead atoms. The summed E-state index contributed by atoms with van der Waals surface area (Å²) in [6.07, 6.45) is 3.48. The van der Waals surface area contributed by atoms with E-state index in [0.717, 1.165) is 24.0 Å². The highest BCUT2D eigenvalue weighted by Gasteiger charge is 2.30. The molecule has 1 atom stereocenters. The molecule has 0 aliphatic heterocycles. The van der Waals surface area contributed by atoms with Crippen molar-refractivity contribution in [3.8, 4) is 5.75 Å². The first-order chi connectivity index (χ1) is 12.6. The van der Waals surface area contributed by atoms with E-state index in [2.05, 4.69) is 17.4 Å². The third-order valence-corrected chi connectivity index (χ3v) is 5.04. The van der Waals surface area contributed by atoms with Crippen LogP contribution in [0.25, 0.3) is 0 Å². The molecule has 1 aliphatic rings. The minimum Gasteiger partial charge on any atom is -0.494 e. The van der Waals surface area contributed by atoms with Crippen molar-refractivity contribution in [2.24, 2.45) is 5.92 Å². The van der Waals surface area contributed by atoms with Gasteiger partial charge in [0.25, 0.3) is 0 Å². The summed E-state index contributed by atoms with van der Waals surface area (Å²) in [6.45, 7) is 0.332. The normalized spacial score (nSPS) is 15.0. The van der Waals surface area contributed by atoms with Crippen LogP contribution in [-0.2, 0) is 6.54 Å². The van der Waals surface area contributed by atoms with E-state index in [4.69, 9.17) is 4.74 Å². The van der Waals surface area contributed by atoms with Crippen molar-refractivity contribution in [1.29, 1.82) is 0 Å². The van der Waals surface area contributed by atoms with Crippen LogP contribution in [0.1, 0.15) is 36.4 Å².